The van der Waals surface area contributed by atoms with E-state index < -0.39 is 4.92 Å². The van der Waals surface area contributed by atoms with Gasteiger partial charge in [-0.25, -0.2) is 0 Å². The molecule has 20 heavy (non-hydrogen) atoms. The molecule has 2 aromatic carbocycles. The van der Waals surface area contributed by atoms with E-state index in [0.29, 0.717) is 16.9 Å². The molecule has 0 atom stereocenters. The lowest BCUT2D eigenvalue weighted by Gasteiger charge is -2.09. The molecule has 0 saturated carbocycles. The van der Waals surface area contributed by atoms with Crippen LogP contribution in [-0.2, 0) is 6.61 Å². The molecule has 0 unspecified atom stereocenters. The molecular formula is C14H12ClNO4. The van der Waals surface area contributed by atoms with Gasteiger partial charge in [0, 0.05) is 5.56 Å². The number of ether oxygens (including phenoxy) is 1. The highest BCUT2D eigenvalue weighted by molar-refractivity contribution is 6.32. The molecule has 0 fully saturated rings. The lowest BCUT2D eigenvalue weighted by Crippen LogP contribution is -1.96. The van der Waals surface area contributed by atoms with Gasteiger partial charge < -0.3 is 9.84 Å². The first-order valence-corrected chi connectivity index (χ1v) is 6.22. The molecule has 5 nitrogen and oxygen atoms in total. The van der Waals surface area contributed by atoms with E-state index >= 15 is 0 Å². The van der Waals surface area contributed by atoms with Crippen LogP contribution >= 0.6 is 11.6 Å². The predicted molar refractivity (Wildman–Crippen MR) is 75.3 cm³/mol. The van der Waals surface area contributed by atoms with Gasteiger partial charge in [-0.15, -0.1) is 0 Å². The highest BCUT2D eigenvalue weighted by atomic mass is 35.5. The number of rotatable bonds is 4. The molecule has 0 bridgehead atoms. The quantitative estimate of drug-likeness (QED) is 0.686. The van der Waals surface area contributed by atoms with E-state index in [1.54, 1.807) is 37.3 Å². The first-order valence-electron chi connectivity index (χ1n) is 5.84. The molecule has 0 radical (unpaired) electrons. The lowest BCUT2D eigenvalue weighted by molar-refractivity contribution is -0.386. The van der Waals surface area contributed by atoms with E-state index in [0.717, 1.165) is 0 Å². The number of nitro benzene ring substituents is 1. The molecular weight excluding hydrogens is 282 g/mol. The van der Waals surface area contributed by atoms with Crippen LogP contribution in [0.3, 0.4) is 0 Å². The van der Waals surface area contributed by atoms with Gasteiger partial charge in [0.15, 0.2) is 0 Å². The van der Waals surface area contributed by atoms with E-state index in [1.807, 2.05) is 0 Å². The molecule has 0 aliphatic heterocycles. The molecule has 0 spiro atoms. The summed E-state index contributed by atoms with van der Waals surface area (Å²) in [6, 6.07) is 9.60. The molecule has 1 N–H and O–H groups in total. The van der Waals surface area contributed by atoms with Crippen molar-refractivity contribution in [2.75, 3.05) is 0 Å². The second-order valence-corrected chi connectivity index (χ2v) is 4.61. The molecule has 6 heteroatoms. The molecule has 0 aliphatic rings. The molecule has 2 aromatic rings. The van der Waals surface area contributed by atoms with Crippen molar-refractivity contribution in [2.24, 2.45) is 0 Å². The Hall–Kier alpha value is -2.11. The van der Waals surface area contributed by atoms with Crippen molar-refractivity contribution in [1.82, 2.24) is 0 Å². The van der Waals surface area contributed by atoms with Crippen LogP contribution in [0.15, 0.2) is 36.4 Å². The summed E-state index contributed by atoms with van der Waals surface area (Å²) in [6.07, 6.45) is 0. The zero-order valence-corrected chi connectivity index (χ0v) is 11.4. The number of aliphatic hydroxyl groups excluding tert-OH is 1. The fourth-order valence-electron chi connectivity index (χ4n) is 1.79. The summed E-state index contributed by atoms with van der Waals surface area (Å²) in [5.74, 6) is 0.436. The number of nitrogens with zero attached hydrogens (tertiary/aromatic N) is 1. The summed E-state index contributed by atoms with van der Waals surface area (Å²) in [7, 11) is 0. The van der Waals surface area contributed by atoms with Crippen LogP contribution in [0.25, 0.3) is 0 Å². The number of nitro groups is 1. The van der Waals surface area contributed by atoms with Gasteiger partial charge in [-0.1, -0.05) is 29.8 Å². The fraction of sp³-hybridized carbons (Fsp3) is 0.143. The number of aryl methyl sites for hydroxylation is 1. The van der Waals surface area contributed by atoms with Crippen LogP contribution in [0.1, 0.15) is 11.1 Å². The third-order valence-corrected chi connectivity index (χ3v) is 3.08. The maximum Gasteiger partial charge on any atom is 0.314 e. The van der Waals surface area contributed by atoms with E-state index in [2.05, 4.69) is 0 Å². The molecule has 0 saturated heterocycles. The average Bonchev–Trinajstić information content (AvgIpc) is 2.40. The summed E-state index contributed by atoms with van der Waals surface area (Å²) in [5, 5.41) is 20.4. The smallest absolute Gasteiger partial charge is 0.314 e. The van der Waals surface area contributed by atoms with E-state index in [9.17, 15) is 10.1 Å². The second kappa shape index (κ2) is 5.90. The summed E-state index contributed by atoms with van der Waals surface area (Å²) in [5.41, 5.74) is 1.06. The maximum atomic E-state index is 11.1. The number of para-hydroxylation sites is 1. The van der Waals surface area contributed by atoms with Crippen LogP contribution < -0.4 is 4.74 Å². The maximum absolute atomic E-state index is 11.1. The highest BCUT2D eigenvalue weighted by Crippen LogP contribution is 2.36. The van der Waals surface area contributed by atoms with Crippen molar-refractivity contribution in [3.8, 4) is 11.5 Å². The van der Waals surface area contributed by atoms with E-state index in [4.69, 9.17) is 21.4 Å². The summed E-state index contributed by atoms with van der Waals surface area (Å²) in [6.45, 7) is 1.51. The minimum atomic E-state index is -0.485. The van der Waals surface area contributed by atoms with Crippen molar-refractivity contribution in [3.05, 3.63) is 62.7 Å². The average molecular weight is 294 g/mol. The van der Waals surface area contributed by atoms with Crippen molar-refractivity contribution >= 4 is 17.3 Å². The van der Waals surface area contributed by atoms with Crippen molar-refractivity contribution in [1.29, 1.82) is 0 Å². The first kappa shape index (κ1) is 14.3. The van der Waals surface area contributed by atoms with E-state index in [-0.39, 0.29) is 23.1 Å². The Morgan fingerprint density at radius 1 is 1.30 bits per heavy atom. The fourth-order valence-corrected chi connectivity index (χ4v) is 2.03. The largest absolute Gasteiger partial charge is 0.449 e. The van der Waals surface area contributed by atoms with Gasteiger partial charge in [0.25, 0.3) is 0 Å². The third kappa shape index (κ3) is 2.89. The van der Waals surface area contributed by atoms with Crippen molar-refractivity contribution in [3.63, 3.8) is 0 Å². The van der Waals surface area contributed by atoms with Crippen molar-refractivity contribution in [2.45, 2.75) is 13.5 Å². The Bertz CT molecular complexity index is 658. The zero-order chi connectivity index (χ0) is 14.7. The Balaban J connectivity index is 2.40. The van der Waals surface area contributed by atoms with Gasteiger partial charge in [-0.2, -0.15) is 0 Å². The topological polar surface area (TPSA) is 72.6 Å². The zero-order valence-electron chi connectivity index (χ0n) is 10.7. The highest BCUT2D eigenvalue weighted by Gasteiger charge is 2.19. The normalized spacial score (nSPS) is 10.3. The first-order chi connectivity index (χ1) is 9.52. The third-order valence-electron chi connectivity index (χ3n) is 2.78. The summed E-state index contributed by atoms with van der Waals surface area (Å²) < 4.78 is 5.53. The van der Waals surface area contributed by atoms with Gasteiger partial charge in [0.2, 0.25) is 5.75 Å². The standard InChI is InChI=1S/C14H12ClNO4/c1-9-3-2-4-13(14(9)16(18)19)20-12-6-5-10(8-17)7-11(12)15/h2-7,17H,8H2,1H3. The van der Waals surface area contributed by atoms with Crippen LogP contribution in [-0.4, -0.2) is 10.0 Å². The summed E-state index contributed by atoms with van der Waals surface area (Å²) in [4.78, 5) is 10.6. The Morgan fingerprint density at radius 3 is 2.65 bits per heavy atom. The van der Waals surface area contributed by atoms with Gasteiger partial charge in [0.1, 0.15) is 5.75 Å². The second-order valence-electron chi connectivity index (χ2n) is 4.20. The van der Waals surface area contributed by atoms with Crippen molar-refractivity contribution < 1.29 is 14.8 Å². The number of aliphatic hydroxyl groups is 1. The molecule has 0 aliphatic carbocycles. The Morgan fingerprint density at radius 2 is 2.05 bits per heavy atom. The molecule has 2 rings (SSSR count). The molecule has 0 aromatic heterocycles. The van der Waals surface area contributed by atoms with Crippen LogP contribution in [0.2, 0.25) is 5.02 Å². The predicted octanol–water partition coefficient (Wildman–Crippen LogP) is 3.84. The van der Waals surface area contributed by atoms with Crippen LogP contribution in [0, 0.1) is 17.0 Å². The SMILES string of the molecule is Cc1cccc(Oc2ccc(CO)cc2Cl)c1[N+](=O)[O-]. The monoisotopic (exact) mass is 293 g/mol. The minimum absolute atomic E-state index is 0.0881. The molecule has 104 valence electrons. The number of halogens is 1. The summed E-state index contributed by atoms with van der Waals surface area (Å²) >= 11 is 6.02. The number of benzene rings is 2. The number of hydrogen-bond acceptors (Lipinski definition) is 4. The van der Waals surface area contributed by atoms with Gasteiger partial charge in [-0.3, -0.25) is 10.1 Å². The number of hydrogen-bond donors (Lipinski definition) is 1. The van der Waals surface area contributed by atoms with Gasteiger partial charge in [0.05, 0.1) is 16.6 Å². The minimum Gasteiger partial charge on any atom is -0.449 e. The van der Waals surface area contributed by atoms with Gasteiger partial charge >= 0.3 is 5.69 Å². The van der Waals surface area contributed by atoms with Crippen LogP contribution in [0.4, 0.5) is 5.69 Å². The Kier molecular flexibility index (Phi) is 4.22. The molecule has 0 heterocycles. The molecule has 0 amide bonds. The lowest BCUT2D eigenvalue weighted by atomic mass is 10.2. The van der Waals surface area contributed by atoms with E-state index in [1.165, 1.54) is 6.07 Å². The van der Waals surface area contributed by atoms with Crippen LogP contribution in [0.5, 0.6) is 11.5 Å². The van der Waals surface area contributed by atoms with Gasteiger partial charge in [-0.05, 0) is 30.7 Å². The Labute approximate surface area is 120 Å².